The molecule has 4 heteroatoms. The highest BCUT2D eigenvalue weighted by molar-refractivity contribution is 5.40. The predicted octanol–water partition coefficient (Wildman–Crippen LogP) is 1.88. The lowest BCUT2D eigenvalue weighted by Crippen LogP contribution is -2.45. The fourth-order valence-electron chi connectivity index (χ4n) is 2.47. The standard InChI is InChI=1S/C16H26N2O2/c1-4-14-5-6-15(13-16(14)19-3)20-12-11-18-9-7-17(2)8-10-18/h5-6,13H,4,7-12H2,1-3H3. The number of piperazine rings is 1. The second-order valence-electron chi connectivity index (χ2n) is 5.32. The van der Waals surface area contributed by atoms with E-state index in [-0.39, 0.29) is 0 Å². The van der Waals surface area contributed by atoms with E-state index in [0.717, 1.165) is 57.3 Å². The number of benzene rings is 1. The molecule has 2 rings (SSSR count). The van der Waals surface area contributed by atoms with E-state index < -0.39 is 0 Å². The molecule has 0 atom stereocenters. The highest BCUT2D eigenvalue weighted by Crippen LogP contribution is 2.25. The van der Waals surface area contributed by atoms with Gasteiger partial charge in [0.15, 0.2) is 0 Å². The van der Waals surface area contributed by atoms with Gasteiger partial charge in [0.2, 0.25) is 0 Å². The molecule has 1 fully saturated rings. The van der Waals surface area contributed by atoms with Crippen molar-refractivity contribution in [1.29, 1.82) is 0 Å². The Labute approximate surface area is 122 Å². The van der Waals surface area contributed by atoms with E-state index in [0.29, 0.717) is 0 Å². The molecule has 0 N–H and O–H groups in total. The first-order valence-corrected chi connectivity index (χ1v) is 7.43. The maximum atomic E-state index is 5.84. The van der Waals surface area contributed by atoms with Crippen molar-refractivity contribution in [1.82, 2.24) is 9.80 Å². The first-order valence-electron chi connectivity index (χ1n) is 7.43. The summed E-state index contributed by atoms with van der Waals surface area (Å²) in [5.74, 6) is 1.82. The van der Waals surface area contributed by atoms with Crippen LogP contribution in [0.2, 0.25) is 0 Å². The van der Waals surface area contributed by atoms with E-state index in [4.69, 9.17) is 9.47 Å². The van der Waals surface area contributed by atoms with Gasteiger partial charge in [0, 0.05) is 38.8 Å². The minimum atomic E-state index is 0.734. The summed E-state index contributed by atoms with van der Waals surface area (Å²) in [6.45, 7) is 8.43. The second kappa shape index (κ2) is 7.50. The number of aryl methyl sites for hydroxylation is 1. The smallest absolute Gasteiger partial charge is 0.125 e. The molecule has 1 heterocycles. The van der Waals surface area contributed by atoms with Gasteiger partial charge in [-0.15, -0.1) is 0 Å². The summed E-state index contributed by atoms with van der Waals surface area (Å²) in [6, 6.07) is 6.11. The average molecular weight is 278 g/mol. The summed E-state index contributed by atoms with van der Waals surface area (Å²) >= 11 is 0. The zero-order chi connectivity index (χ0) is 14.4. The first-order chi connectivity index (χ1) is 9.72. The Hall–Kier alpha value is -1.26. The van der Waals surface area contributed by atoms with Crippen LogP contribution < -0.4 is 9.47 Å². The van der Waals surface area contributed by atoms with E-state index in [1.165, 1.54) is 5.56 Å². The van der Waals surface area contributed by atoms with Gasteiger partial charge in [-0.1, -0.05) is 13.0 Å². The van der Waals surface area contributed by atoms with E-state index in [9.17, 15) is 0 Å². The topological polar surface area (TPSA) is 24.9 Å². The Morgan fingerprint density at radius 2 is 1.90 bits per heavy atom. The Balaban J connectivity index is 1.79. The zero-order valence-corrected chi connectivity index (χ0v) is 12.9. The molecule has 4 nitrogen and oxygen atoms in total. The van der Waals surface area contributed by atoms with E-state index in [1.54, 1.807) is 7.11 Å². The van der Waals surface area contributed by atoms with Crippen LogP contribution in [0.5, 0.6) is 11.5 Å². The molecule has 112 valence electrons. The van der Waals surface area contributed by atoms with Gasteiger partial charge in [0.25, 0.3) is 0 Å². The number of hydrogen-bond donors (Lipinski definition) is 0. The fourth-order valence-corrected chi connectivity index (χ4v) is 2.47. The molecule has 20 heavy (non-hydrogen) atoms. The molecule has 0 spiro atoms. The third-order valence-electron chi connectivity index (χ3n) is 3.91. The van der Waals surface area contributed by atoms with Crippen LogP contribution in [0, 0.1) is 0 Å². The molecule has 0 aromatic heterocycles. The summed E-state index contributed by atoms with van der Waals surface area (Å²) in [5.41, 5.74) is 1.22. The molecular weight excluding hydrogens is 252 g/mol. The van der Waals surface area contributed by atoms with Gasteiger partial charge in [-0.3, -0.25) is 4.90 Å². The third kappa shape index (κ3) is 4.12. The van der Waals surface area contributed by atoms with Crippen molar-refractivity contribution >= 4 is 0 Å². The maximum absolute atomic E-state index is 5.84. The van der Waals surface area contributed by atoms with Crippen molar-refractivity contribution < 1.29 is 9.47 Å². The van der Waals surface area contributed by atoms with Gasteiger partial charge in [0.05, 0.1) is 7.11 Å². The van der Waals surface area contributed by atoms with Crippen LogP contribution >= 0.6 is 0 Å². The average Bonchev–Trinajstić information content (AvgIpc) is 2.49. The minimum Gasteiger partial charge on any atom is -0.496 e. The molecule has 1 saturated heterocycles. The first kappa shape index (κ1) is 15.1. The number of hydrogen-bond acceptors (Lipinski definition) is 4. The molecule has 1 aliphatic heterocycles. The van der Waals surface area contributed by atoms with E-state index in [1.807, 2.05) is 12.1 Å². The minimum absolute atomic E-state index is 0.734. The molecule has 0 aliphatic carbocycles. The van der Waals surface area contributed by atoms with E-state index in [2.05, 4.69) is 29.8 Å². The lowest BCUT2D eigenvalue weighted by molar-refractivity contribution is 0.133. The number of methoxy groups -OCH3 is 1. The fraction of sp³-hybridized carbons (Fsp3) is 0.625. The highest BCUT2D eigenvalue weighted by Gasteiger charge is 2.13. The molecule has 0 unspecified atom stereocenters. The van der Waals surface area contributed by atoms with Crippen LogP contribution in [0.4, 0.5) is 0 Å². The Morgan fingerprint density at radius 1 is 1.15 bits per heavy atom. The third-order valence-corrected chi connectivity index (χ3v) is 3.91. The van der Waals surface area contributed by atoms with Crippen LogP contribution in [0.3, 0.4) is 0 Å². The van der Waals surface area contributed by atoms with Crippen LogP contribution in [-0.2, 0) is 6.42 Å². The zero-order valence-electron chi connectivity index (χ0n) is 12.9. The highest BCUT2D eigenvalue weighted by atomic mass is 16.5. The monoisotopic (exact) mass is 278 g/mol. The summed E-state index contributed by atoms with van der Waals surface area (Å²) in [6.07, 6.45) is 0.977. The Bertz CT molecular complexity index is 415. The van der Waals surface area contributed by atoms with Crippen LogP contribution in [0.15, 0.2) is 18.2 Å². The van der Waals surface area contributed by atoms with Gasteiger partial charge >= 0.3 is 0 Å². The van der Waals surface area contributed by atoms with Gasteiger partial charge in [-0.05, 0) is 25.1 Å². The van der Waals surface area contributed by atoms with Crippen molar-refractivity contribution in [3.05, 3.63) is 23.8 Å². The van der Waals surface area contributed by atoms with Gasteiger partial charge in [-0.2, -0.15) is 0 Å². The lowest BCUT2D eigenvalue weighted by Gasteiger charge is -2.32. The molecular formula is C16H26N2O2. The second-order valence-corrected chi connectivity index (χ2v) is 5.32. The largest absolute Gasteiger partial charge is 0.496 e. The van der Waals surface area contributed by atoms with Crippen LogP contribution in [0.25, 0.3) is 0 Å². The van der Waals surface area contributed by atoms with Gasteiger partial charge in [0.1, 0.15) is 18.1 Å². The van der Waals surface area contributed by atoms with Gasteiger partial charge in [-0.25, -0.2) is 0 Å². The summed E-state index contributed by atoms with van der Waals surface area (Å²) in [5, 5.41) is 0. The number of likely N-dealkylation sites (N-methyl/N-ethyl adjacent to an activating group) is 1. The number of rotatable bonds is 6. The lowest BCUT2D eigenvalue weighted by atomic mass is 10.1. The van der Waals surface area contributed by atoms with Crippen molar-refractivity contribution in [2.45, 2.75) is 13.3 Å². The number of ether oxygens (including phenoxy) is 2. The number of nitrogens with zero attached hydrogens (tertiary/aromatic N) is 2. The molecule has 0 bridgehead atoms. The normalized spacial score (nSPS) is 17.1. The van der Waals surface area contributed by atoms with Crippen molar-refractivity contribution in [2.24, 2.45) is 0 Å². The Morgan fingerprint density at radius 3 is 2.55 bits per heavy atom. The SMILES string of the molecule is CCc1ccc(OCCN2CCN(C)CC2)cc1OC. The van der Waals surface area contributed by atoms with E-state index >= 15 is 0 Å². The maximum Gasteiger partial charge on any atom is 0.125 e. The molecule has 0 saturated carbocycles. The van der Waals surface area contributed by atoms with Crippen molar-refractivity contribution in [2.75, 3.05) is 53.5 Å². The molecule has 0 radical (unpaired) electrons. The summed E-state index contributed by atoms with van der Waals surface area (Å²) in [7, 11) is 3.89. The summed E-state index contributed by atoms with van der Waals surface area (Å²) in [4.78, 5) is 4.82. The summed E-state index contributed by atoms with van der Waals surface area (Å²) < 4.78 is 11.2. The Kier molecular flexibility index (Phi) is 5.68. The van der Waals surface area contributed by atoms with Crippen LogP contribution in [-0.4, -0.2) is 63.3 Å². The molecule has 1 aliphatic rings. The molecule has 1 aromatic carbocycles. The van der Waals surface area contributed by atoms with Crippen molar-refractivity contribution in [3.63, 3.8) is 0 Å². The quantitative estimate of drug-likeness (QED) is 0.793. The van der Waals surface area contributed by atoms with Crippen LogP contribution in [0.1, 0.15) is 12.5 Å². The van der Waals surface area contributed by atoms with Crippen molar-refractivity contribution in [3.8, 4) is 11.5 Å². The predicted molar refractivity (Wildman–Crippen MR) is 81.8 cm³/mol. The van der Waals surface area contributed by atoms with Gasteiger partial charge < -0.3 is 14.4 Å². The molecule has 1 aromatic rings. The molecule has 0 amide bonds.